The lowest BCUT2D eigenvalue weighted by atomic mass is 9.94. The summed E-state index contributed by atoms with van der Waals surface area (Å²) in [5.41, 5.74) is 2.31. The number of nitrogens with zero attached hydrogens (tertiary/aromatic N) is 1. The van der Waals surface area contributed by atoms with Crippen LogP contribution in [0.25, 0.3) is 0 Å². The van der Waals surface area contributed by atoms with Crippen molar-refractivity contribution in [1.82, 2.24) is 10.2 Å². The molecule has 1 aromatic carbocycles. The number of rotatable bonds is 2. The average Bonchev–Trinajstić information content (AvgIpc) is 2.72. The van der Waals surface area contributed by atoms with Crippen molar-refractivity contribution in [3.63, 3.8) is 0 Å². The Balaban J connectivity index is 2.02. The molecule has 0 bridgehead atoms. The number of hydrogen-bond donors (Lipinski definition) is 1. The van der Waals surface area contributed by atoms with Crippen LogP contribution in [0.2, 0.25) is 0 Å². The van der Waals surface area contributed by atoms with Gasteiger partial charge >= 0.3 is 0 Å². The zero-order chi connectivity index (χ0) is 16.0. The van der Waals surface area contributed by atoms with Gasteiger partial charge in [0.1, 0.15) is 6.04 Å². The summed E-state index contributed by atoms with van der Waals surface area (Å²) < 4.78 is 0. The van der Waals surface area contributed by atoms with Crippen molar-refractivity contribution in [3.05, 3.63) is 47.2 Å². The number of benzene rings is 1. The molecule has 0 radical (unpaired) electrons. The molecule has 5 nitrogen and oxygen atoms in total. The zero-order valence-corrected chi connectivity index (χ0v) is 12.7. The van der Waals surface area contributed by atoms with Crippen LogP contribution in [0.15, 0.2) is 30.5 Å². The van der Waals surface area contributed by atoms with Crippen LogP contribution < -0.4 is 5.32 Å². The summed E-state index contributed by atoms with van der Waals surface area (Å²) in [6, 6.07) is 4.55. The first-order valence-electron chi connectivity index (χ1n) is 7.41. The van der Waals surface area contributed by atoms with Gasteiger partial charge in [0, 0.05) is 5.70 Å². The molecule has 5 heteroatoms. The van der Waals surface area contributed by atoms with Crippen molar-refractivity contribution in [2.45, 2.75) is 38.6 Å². The van der Waals surface area contributed by atoms with Crippen molar-refractivity contribution < 1.29 is 14.4 Å². The van der Waals surface area contributed by atoms with Crippen LogP contribution >= 0.6 is 0 Å². The number of nitrogens with one attached hydrogen (secondary N) is 1. The first kappa shape index (κ1) is 14.5. The van der Waals surface area contributed by atoms with Crippen LogP contribution in [0.5, 0.6) is 0 Å². The Morgan fingerprint density at radius 1 is 1.23 bits per heavy atom. The number of carbonyl (C=O) groups is 3. The van der Waals surface area contributed by atoms with Gasteiger partial charge in [0.2, 0.25) is 5.91 Å². The van der Waals surface area contributed by atoms with E-state index >= 15 is 0 Å². The lowest BCUT2D eigenvalue weighted by molar-refractivity contribution is -0.125. The topological polar surface area (TPSA) is 66.5 Å². The van der Waals surface area contributed by atoms with Gasteiger partial charge in [-0.25, -0.2) is 0 Å². The van der Waals surface area contributed by atoms with Crippen molar-refractivity contribution in [3.8, 4) is 0 Å². The number of amides is 3. The molecule has 3 amide bonds. The van der Waals surface area contributed by atoms with E-state index in [0.29, 0.717) is 29.7 Å². The second kappa shape index (κ2) is 5.09. The number of hydrogen-bond acceptors (Lipinski definition) is 3. The Morgan fingerprint density at radius 2 is 1.95 bits per heavy atom. The molecule has 1 aromatic rings. The number of fused-ring (bicyclic) bond motifs is 1. The van der Waals surface area contributed by atoms with Gasteiger partial charge in [-0.05, 0) is 30.4 Å². The summed E-state index contributed by atoms with van der Waals surface area (Å²) in [6.45, 7) is 7.68. The SMILES string of the molecule is C=C1CC[C@@H](N2C(=O)c3cccc(C(C)C)c3C2=O)C(=O)N1. The van der Waals surface area contributed by atoms with Crippen LogP contribution in [-0.2, 0) is 4.79 Å². The predicted octanol–water partition coefficient (Wildman–Crippen LogP) is 2.20. The molecule has 0 unspecified atom stereocenters. The van der Waals surface area contributed by atoms with Gasteiger partial charge in [-0.2, -0.15) is 0 Å². The Morgan fingerprint density at radius 3 is 2.59 bits per heavy atom. The van der Waals surface area contributed by atoms with Gasteiger partial charge in [-0.3, -0.25) is 19.3 Å². The van der Waals surface area contributed by atoms with E-state index in [2.05, 4.69) is 11.9 Å². The predicted molar refractivity (Wildman–Crippen MR) is 81.3 cm³/mol. The molecule has 0 aliphatic carbocycles. The second-order valence-electron chi connectivity index (χ2n) is 6.05. The molecule has 2 aliphatic heterocycles. The van der Waals surface area contributed by atoms with Crippen molar-refractivity contribution in [2.75, 3.05) is 0 Å². The molecule has 2 aliphatic rings. The second-order valence-corrected chi connectivity index (χ2v) is 6.05. The smallest absolute Gasteiger partial charge is 0.262 e. The third kappa shape index (κ3) is 2.04. The molecule has 0 spiro atoms. The minimum Gasteiger partial charge on any atom is -0.329 e. The standard InChI is InChI=1S/C17H18N2O3/c1-9(2)11-5-4-6-12-14(11)17(22)19(16(12)21)13-8-7-10(3)18-15(13)20/h4-6,9,13H,3,7-8H2,1-2H3,(H,18,20)/t13-/m1/s1. The molecule has 22 heavy (non-hydrogen) atoms. The highest BCUT2D eigenvalue weighted by Crippen LogP contribution is 2.33. The highest BCUT2D eigenvalue weighted by molar-refractivity contribution is 6.23. The van der Waals surface area contributed by atoms with Crippen LogP contribution in [-0.4, -0.2) is 28.7 Å². The van der Waals surface area contributed by atoms with Crippen molar-refractivity contribution >= 4 is 17.7 Å². The Labute approximate surface area is 129 Å². The van der Waals surface area contributed by atoms with E-state index in [0.717, 1.165) is 10.5 Å². The molecule has 114 valence electrons. The van der Waals surface area contributed by atoms with Crippen LogP contribution in [0, 0.1) is 0 Å². The molecule has 1 N–H and O–H groups in total. The maximum absolute atomic E-state index is 12.8. The van der Waals surface area contributed by atoms with E-state index in [1.165, 1.54) is 0 Å². The van der Waals surface area contributed by atoms with E-state index in [4.69, 9.17) is 0 Å². The highest BCUT2D eigenvalue weighted by Gasteiger charge is 2.44. The fourth-order valence-corrected chi connectivity index (χ4v) is 3.10. The molecule has 2 heterocycles. The van der Waals surface area contributed by atoms with Crippen molar-refractivity contribution in [1.29, 1.82) is 0 Å². The first-order chi connectivity index (χ1) is 10.4. The number of allylic oxidation sites excluding steroid dienone is 1. The van der Waals surface area contributed by atoms with Gasteiger partial charge in [-0.1, -0.05) is 32.6 Å². The normalized spacial score (nSPS) is 21.4. The molecule has 0 saturated carbocycles. The molecular formula is C17H18N2O3. The van der Waals surface area contributed by atoms with Crippen LogP contribution in [0.1, 0.15) is 58.9 Å². The molecule has 3 rings (SSSR count). The maximum atomic E-state index is 12.8. The van der Waals surface area contributed by atoms with Gasteiger partial charge in [-0.15, -0.1) is 0 Å². The zero-order valence-electron chi connectivity index (χ0n) is 12.7. The van der Waals surface area contributed by atoms with E-state index in [9.17, 15) is 14.4 Å². The van der Waals surface area contributed by atoms with E-state index in [-0.39, 0.29) is 23.6 Å². The third-order valence-corrected chi connectivity index (χ3v) is 4.23. The Hall–Kier alpha value is -2.43. The van der Waals surface area contributed by atoms with E-state index in [1.807, 2.05) is 19.9 Å². The summed E-state index contributed by atoms with van der Waals surface area (Å²) in [6.07, 6.45) is 0.994. The van der Waals surface area contributed by atoms with Crippen LogP contribution in [0.3, 0.4) is 0 Å². The van der Waals surface area contributed by atoms with Crippen LogP contribution in [0.4, 0.5) is 0 Å². The van der Waals surface area contributed by atoms with Gasteiger partial charge < -0.3 is 5.32 Å². The van der Waals surface area contributed by atoms with Gasteiger partial charge in [0.15, 0.2) is 0 Å². The molecule has 1 atom stereocenters. The fourth-order valence-electron chi connectivity index (χ4n) is 3.10. The third-order valence-electron chi connectivity index (χ3n) is 4.23. The van der Waals surface area contributed by atoms with Crippen molar-refractivity contribution in [2.24, 2.45) is 0 Å². The fraction of sp³-hybridized carbons (Fsp3) is 0.353. The number of piperidine rings is 1. The average molecular weight is 298 g/mol. The lowest BCUT2D eigenvalue weighted by Gasteiger charge is -2.29. The molecule has 0 aromatic heterocycles. The molecule has 1 fully saturated rings. The maximum Gasteiger partial charge on any atom is 0.262 e. The largest absolute Gasteiger partial charge is 0.329 e. The monoisotopic (exact) mass is 298 g/mol. The van der Waals surface area contributed by atoms with E-state index < -0.39 is 6.04 Å². The molecule has 1 saturated heterocycles. The number of imide groups is 1. The molecular weight excluding hydrogens is 280 g/mol. The summed E-state index contributed by atoms with van der Waals surface area (Å²) in [5.74, 6) is -0.949. The lowest BCUT2D eigenvalue weighted by Crippen LogP contribution is -2.51. The van der Waals surface area contributed by atoms with Gasteiger partial charge in [0.25, 0.3) is 11.8 Å². The first-order valence-corrected chi connectivity index (χ1v) is 7.41. The minimum atomic E-state index is -0.752. The number of carbonyl (C=O) groups excluding carboxylic acids is 3. The van der Waals surface area contributed by atoms with Gasteiger partial charge in [0.05, 0.1) is 11.1 Å². The summed E-state index contributed by atoms with van der Waals surface area (Å²) in [4.78, 5) is 38.6. The quantitative estimate of drug-likeness (QED) is 0.851. The summed E-state index contributed by atoms with van der Waals surface area (Å²) in [7, 11) is 0. The highest BCUT2D eigenvalue weighted by atomic mass is 16.2. The summed E-state index contributed by atoms with van der Waals surface area (Å²) >= 11 is 0. The summed E-state index contributed by atoms with van der Waals surface area (Å²) in [5, 5.41) is 2.63. The minimum absolute atomic E-state index is 0.131. The van der Waals surface area contributed by atoms with E-state index in [1.54, 1.807) is 12.1 Å². The Kier molecular flexibility index (Phi) is 3.35. The Bertz CT molecular complexity index is 706.